The summed E-state index contributed by atoms with van der Waals surface area (Å²) in [6.45, 7) is 9.66. The Hall–Kier alpha value is -2.77. The van der Waals surface area contributed by atoms with Crippen molar-refractivity contribution >= 4 is 18.0 Å². The molecule has 0 spiro atoms. The Labute approximate surface area is 160 Å². The zero-order chi connectivity index (χ0) is 21.8. The minimum Gasteiger partial charge on any atom is -0.508 e. The highest BCUT2D eigenvalue weighted by Crippen LogP contribution is 2.22. The third-order valence-electron chi connectivity index (χ3n) is 3.76. The topological polar surface area (TPSA) is 125 Å². The van der Waals surface area contributed by atoms with E-state index in [2.05, 4.69) is 5.32 Å². The van der Waals surface area contributed by atoms with Crippen molar-refractivity contribution < 1.29 is 30.7 Å². The van der Waals surface area contributed by atoms with Gasteiger partial charge < -0.3 is 25.6 Å². The standard InChI is InChI=1S/C19H28N2O6/c1-10-7-13(22)8-11(2)14(10)9-15(16(23)20-12(3)17(24)25)21-18(26)27-19(4,5)6/h7-8,12,15,22H,9H2,1-6H3,(H,20,23)(H,21,26)(H,24,25)/t12-,15?/m0/s1/i/hD. The molecule has 0 radical (unpaired) electrons. The molecule has 0 saturated carbocycles. The van der Waals surface area contributed by atoms with Gasteiger partial charge in [0.1, 0.15) is 23.4 Å². The molecule has 0 bridgehead atoms. The molecule has 0 aliphatic heterocycles. The summed E-state index contributed by atoms with van der Waals surface area (Å²) in [5.41, 5.74) is 1.16. The molecule has 2 amide bonds. The smallest absolute Gasteiger partial charge is 0.408 e. The minimum atomic E-state index is -1.32. The van der Waals surface area contributed by atoms with Gasteiger partial charge in [-0.05, 0) is 70.4 Å². The maximum atomic E-state index is 12.7. The Balaban J connectivity index is 3.22. The first-order valence-corrected chi connectivity index (χ1v) is 8.56. The number of aryl methyl sites for hydroxylation is 2. The SMILES string of the molecule is [2H]N(C(=O)OC(C)(C)C)C(Cc1c(C)cc(O)cc1C)C(=O)N[C@@H](C)C(=O)O. The van der Waals surface area contributed by atoms with E-state index in [9.17, 15) is 19.5 Å². The molecule has 2 atom stereocenters. The molecule has 150 valence electrons. The molecule has 1 rings (SSSR count). The largest absolute Gasteiger partial charge is 0.508 e. The first kappa shape index (κ1) is 20.5. The van der Waals surface area contributed by atoms with E-state index in [1.54, 1.807) is 34.6 Å². The van der Waals surface area contributed by atoms with Crippen LogP contribution in [0.4, 0.5) is 4.79 Å². The Kier molecular flexibility index (Phi) is 6.65. The summed E-state index contributed by atoms with van der Waals surface area (Å²) in [4.78, 5) is 36.0. The van der Waals surface area contributed by atoms with Gasteiger partial charge in [-0.15, -0.1) is 0 Å². The number of aliphatic carboxylic acids is 1. The number of nitrogens with one attached hydrogen (secondary N) is 2. The molecule has 0 heterocycles. The van der Waals surface area contributed by atoms with Gasteiger partial charge >= 0.3 is 12.1 Å². The molecule has 27 heavy (non-hydrogen) atoms. The number of hydrogen-bond acceptors (Lipinski definition) is 5. The van der Waals surface area contributed by atoms with Crippen molar-refractivity contribution in [1.29, 1.82) is 0 Å². The molecule has 8 nitrogen and oxygen atoms in total. The van der Waals surface area contributed by atoms with Crippen molar-refractivity contribution in [3.63, 3.8) is 0 Å². The lowest BCUT2D eigenvalue weighted by Gasteiger charge is -2.25. The van der Waals surface area contributed by atoms with Gasteiger partial charge in [-0.2, -0.15) is 0 Å². The van der Waals surface area contributed by atoms with Gasteiger partial charge in [-0.1, -0.05) is 0 Å². The number of rotatable bonds is 6. The first-order chi connectivity index (χ1) is 12.7. The average Bonchev–Trinajstić information content (AvgIpc) is 2.51. The summed E-state index contributed by atoms with van der Waals surface area (Å²) < 4.78 is 13.3. The van der Waals surface area contributed by atoms with Crippen LogP contribution in [0.3, 0.4) is 0 Å². The quantitative estimate of drug-likeness (QED) is 0.598. The fourth-order valence-electron chi connectivity index (χ4n) is 2.47. The van der Waals surface area contributed by atoms with E-state index in [1.165, 1.54) is 19.1 Å². The van der Waals surface area contributed by atoms with E-state index >= 15 is 0 Å². The van der Waals surface area contributed by atoms with Crippen molar-refractivity contribution in [2.24, 2.45) is 0 Å². The monoisotopic (exact) mass is 381 g/mol. The lowest BCUT2D eigenvalue weighted by atomic mass is 9.95. The summed E-state index contributed by atoms with van der Waals surface area (Å²) in [5.74, 6) is -1.96. The van der Waals surface area contributed by atoms with Crippen molar-refractivity contribution in [1.82, 2.24) is 10.6 Å². The Morgan fingerprint density at radius 2 is 1.74 bits per heavy atom. The van der Waals surface area contributed by atoms with Gasteiger partial charge in [0.15, 0.2) is 1.41 Å². The van der Waals surface area contributed by atoms with Crippen molar-refractivity contribution in [3.05, 3.63) is 28.8 Å². The number of aromatic hydroxyl groups is 1. The summed E-state index contributed by atoms with van der Waals surface area (Å²) in [5, 5.41) is 21.4. The molecule has 8 heteroatoms. The van der Waals surface area contributed by atoms with Crippen LogP contribution in [-0.2, 0) is 20.7 Å². The zero-order valence-electron chi connectivity index (χ0n) is 17.5. The molecule has 1 unspecified atom stereocenters. The molecule has 0 saturated heterocycles. The average molecular weight is 381 g/mol. The second kappa shape index (κ2) is 8.75. The van der Waals surface area contributed by atoms with Gasteiger partial charge in [0.05, 0.1) is 0 Å². The fourth-order valence-corrected chi connectivity index (χ4v) is 2.47. The number of phenols is 1. The number of alkyl carbamates (subject to hydrolysis) is 1. The number of hydrogen-bond donors (Lipinski definition) is 4. The highest BCUT2D eigenvalue weighted by Gasteiger charge is 2.27. The molecule has 0 aliphatic rings. The molecule has 1 aromatic carbocycles. The maximum absolute atomic E-state index is 12.7. The van der Waals surface area contributed by atoms with Crippen molar-refractivity contribution in [2.75, 3.05) is 0 Å². The third-order valence-corrected chi connectivity index (χ3v) is 3.76. The number of benzene rings is 1. The number of phenolic OH excluding ortho intramolecular Hbond substituents is 1. The van der Waals surface area contributed by atoms with Gasteiger partial charge in [-0.3, -0.25) is 9.59 Å². The summed E-state index contributed by atoms with van der Waals surface area (Å²) in [6, 6.07) is 0.514. The maximum Gasteiger partial charge on any atom is 0.408 e. The van der Waals surface area contributed by atoms with Crippen LogP contribution in [0.2, 0.25) is 1.41 Å². The van der Waals surface area contributed by atoms with Gasteiger partial charge in [0.25, 0.3) is 0 Å². The van der Waals surface area contributed by atoms with Crippen LogP contribution in [0.1, 0.15) is 44.4 Å². The molecule has 4 N–H and O–H groups in total. The van der Waals surface area contributed by atoms with Crippen LogP contribution in [0.15, 0.2) is 12.1 Å². The van der Waals surface area contributed by atoms with Crippen LogP contribution in [-0.4, -0.2) is 45.9 Å². The number of carboxylic acid groups (broad SMARTS) is 1. The normalized spacial score (nSPS) is 13.9. The highest BCUT2D eigenvalue weighted by molar-refractivity contribution is 5.89. The summed E-state index contributed by atoms with van der Waals surface area (Å²) >= 11 is 0. The number of carbonyl (C=O) groups is 3. The Morgan fingerprint density at radius 3 is 2.19 bits per heavy atom. The van der Waals surface area contributed by atoms with E-state index in [0.717, 1.165) is 0 Å². The van der Waals surface area contributed by atoms with Crippen LogP contribution < -0.4 is 10.6 Å². The van der Waals surface area contributed by atoms with Crippen molar-refractivity contribution in [3.8, 4) is 5.75 Å². The predicted octanol–water partition coefficient (Wildman–Crippen LogP) is 2.03. The summed E-state index contributed by atoms with van der Waals surface area (Å²) in [6.07, 6.45) is -1.07. The van der Waals surface area contributed by atoms with E-state index in [-0.39, 0.29) is 12.2 Å². The van der Waals surface area contributed by atoms with Gasteiger partial charge in [-0.25, -0.2) is 4.79 Å². The summed E-state index contributed by atoms with van der Waals surface area (Å²) in [7, 11) is 0. The zero-order valence-corrected chi connectivity index (χ0v) is 16.5. The molecular formula is C19H28N2O6. The molecule has 0 fully saturated rings. The number of carbonyl (C=O) groups excluding carboxylic acids is 2. The van der Waals surface area contributed by atoms with Crippen LogP contribution in [0, 0.1) is 13.8 Å². The van der Waals surface area contributed by atoms with Crippen LogP contribution in [0.5, 0.6) is 5.75 Å². The van der Waals surface area contributed by atoms with Crippen molar-refractivity contribution in [2.45, 2.75) is 65.6 Å². The van der Waals surface area contributed by atoms with E-state index in [4.69, 9.17) is 11.3 Å². The van der Waals surface area contributed by atoms with Gasteiger partial charge in [0, 0.05) is 6.42 Å². The number of amides is 2. The minimum absolute atomic E-state index is 0.0428. The lowest BCUT2D eigenvalue weighted by Crippen LogP contribution is -2.52. The second-order valence-corrected chi connectivity index (χ2v) is 7.46. The fraction of sp³-hybridized carbons (Fsp3) is 0.526. The first-order valence-electron chi connectivity index (χ1n) is 9.01. The number of ether oxygens (including phenoxy) is 1. The Morgan fingerprint density at radius 1 is 1.22 bits per heavy atom. The molecule has 1 aromatic rings. The van der Waals surface area contributed by atoms with Crippen LogP contribution >= 0.6 is 0 Å². The van der Waals surface area contributed by atoms with E-state index < -0.39 is 35.7 Å². The number of carboxylic acids is 1. The molecule has 0 aromatic heterocycles. The second-order valence-electron chi connectivity index (χ2n) is 7.46. The predicted molar refractivity (Wildman–Crippen MR) is 99.7 cm³/mol. The highest BCUT2D eigenvalue weighted by atomic mass is 16.6. The van der Waals surface area contributed by atoms with Crippen LogP contribution in [0.25, 0.3) is 0 Å². The Bertz CT molecular complexity index is 736. The lowest BCUT2D eigenvalue weighted by molar-refractivity contribution is -0.141. The van der Waals surface area contributed by atoms with Gasteiger partial charge in [0.2, 0.25) is 5.91 Å². The van der Waals surface area contributed by atoms with E-state index in [1.807, 2.05) is 0 Å². The third kappa shape index (κ3) is 7.16. The molecular weight excluding hydrogens is 352 g/mol. The van der Waals surface area contributed by atoms with E-state index in [0.29, 0.717) is 22.0 Å². The molecule has 0 aliphatic carbocycles.